The van der Waals surface area contributed by atoms with Crippen LogP contribution in [0.3, 0.4) is 0 Å². The molecule has 0 amide bonds. The van der Waals surface area contributed by atoms with Gasteiger partial charge in [0, 0.05) is 16.7 Å². The molecule has 0 N–H and O–H groups in total. The Morgan fingerprint density at radius 3 is 1.42 bits per heavy atom. The first-order valence-corrected chi connectivity index (χ1v) is 20.2. The first-order valence-electron chi connectivity index (χ1n) is 20.2. The van der Waals surface area contributed by atoms with Crippen LogP contribution in [-0.4, -0.2) is 9.97 Å². The predicted molar refractivity (Wildman–Crippen MR) is 244 cm³/mol. The summed E-state index contributed by atoms with van der Waals surface area (Å²) in [5.41, 5.74) is 16.7. The average molecular weight is 751 g/mol. The Balaban J connectivity index is 1.13. The van der Waals surface area contributed by atoms with Gasteiger partial charge in [-0.05, 0) is 90.7 Å². The van der Waals surface area contributed by atoms with E-state index in [9.17, 15) is 0 Å². The number of hydrogen-bond acceptors (Lipinski definition) is 2. The van der Waals surface area contributed by atoms with Gasteiger partial charge in [0.15, 0.2) is 5.82 Å². The SMILES string of the molecule is c1ccc(-c2cc(-c3ccc(-c4cc5c(cc4-c4ccc6ccccc6c4)C(c4ccccc4)(c4ccccc4)c4ccccc4-5)cc3)nc(-c3ccccc3)n2)cc1. The molecule has 1 aliphatic carbocycles. The molecular weight excluding hydrogens is 713 g/mol. The van der Waals surface area contributed by atoms with Crippen molar-refractivity contribution in [3.63, 3.8) is 0 Å². The smallest absolute Gasteiger partial charge is 0.160 e. The van der Waals surface area contributed by atoms with Crippen molar-refractivity contribution in [1.82, 2.24) is 9.97 Å². The zero-order chi connectivity index (χ0) is 39.2. The number of rotatable bonds is 7. The monoisotopic (exact) mass is 750 g/mol. The zero-order valence-corrected chi connectivity index (χ0v) is 32.3. The van der Waals surface area contributed by atoms with Crippen molar-refractivity contribution < 1.29 is 0 Å². The van der Waals surface area contributed by atoms with Gasteiger partial charge in [0.25, 0.3) is 0 Å². The lowest BCUT2D eigenvalue weighted by Gasteiger charge is -2.34. The molecule has 2 nitrogen and oxygen atoms in total. The van der Waals surface area contributed by atoms with Gasteiger partial charge in [0.05, 0.1) is 16.8 Å². The van der Waals surface area contributed by atoms with Gasteiger partial charge in [-0.2, -0.15) is 0 Å². The average Bonchev–Trinajstić information content (AvgIpc) is 3.62. The second kappa shape index (κ2) is 14.4. The lowest BCUT2D eigenvalue weighted by Crippen LogP contribution is -2.28. The highest BCUT2D eigenvalue weighted by molar-refractivity contribution is 5.97. The summed E-state index contributed by atoms with van der Waals surface area (Å²) in [5, 5.41) is 2.45. The molecule has 10 aromatic rings. The van der Waals surface area contributed by atoms with E-state index in [0.29, 0.717) is 5.82 Å². The summed E-state index contributed by atoms with van der Waals surface area (Å²) < 4.78 is 0. The van der Waals surface area contributed by atoms with Gasteiger partial charge in [-0.25, -0.2) is 9.97 Å². The Bertz CT molecular complexity index is 3020. The molecule has 1 heterocycles. The molecule has 0 fully saturated rings. The molecule has 0 saturated heterocycles. The predicted octanol–water partition coefficient (Wildman–Crippen LogP) is 14.3. The molecule has 9 aromatic carbocycles. The Hall–Kier alpha value is -7.68. The van der Waals surface area contributed by atoms with Crippen molar-refractivity contribution in [2.75, 3.05) is 0 Å². The van der Waals surface area contributed by atoms with Gasteiger partial charge in [-0.15, -0.1) is 0 Å². The number of aromatic nitrogens is 2. The molecule has 0 atom stereocenters. The molecule has 2 heteroatoms. The summed E-state index contributed by atoms with van der Waals surface area (Å²) in [7, 11) is 0. The van der Waals surface area contributed by atoms with Crippen LogP contribution in [0.1, 0.15) is 22.3 Å². The van der Waals surface area contributed by atoms with E-state index in [4.69, 9.17) is 9.97 Å². The van der Waals surface area contributed by atoms with Crippen LogP contribution < -0.4 is 0 Å². The van der Waals surface area contributed by atoms with Gasteiger partial charge in [-0.3, -0.25) is 0 Å². The summed E-state index contributed by atoms with van der Waals surface area (Å²) in [5.74, 6) is 0.710. The number of fused-ring (bicyclic) bond motifs is 4. The van der Waals surface area contributed by atoms with Crippen LogP contribution in [0.4, 0.5) is 0 Å². The number of nitrogens with zero attached hydrogens (tertiary/aromatic N) is 2. The Kier molecular flexibility index (Phi) is 8.41. The fraction of sp³-hybridized carbons (Fsp3) is 0.0175. The van der Waals surface area contributed by atoms with Crippen molar-refractivity contribution in [2.24, 2.45) is 0 Å². The Morgan fingerprint density at radius 1 is 0.271 bits per heavy atom. The van der Waals surface area contributed by atoms with E-state index >= 15 is 0 Å². The molecule has 1 aromatic heterocycles. The Morgan fingerprint density at radius 2 is 0.763 bits per heavy atom. The van der Waals surface area contributed by atoms with Crippen LogP contribution >= 0.6 is 0 Å². The minimum absolute atomic E-state index is 0.498. The maximum absolute atomic E-state index is 5.13. The molecule has 0 aliphatic heterocycles. The maximum Gasteiger partial charge on any atom is 0.160 e. The topological polar surface area (TPSA) is 25.8 Å². The van der Waals surface area contributed by atoms with Gasteiger partial charge >= 0.3 is 0 Å². The van der Waals surface area contributed by atoms with Gasteiger partial charge in [-0.1, -0.05) is 206 Å². The fourth-order valence-corrected chi connectivity index (χ4v) is 9.21. The van der Waals surface area contributed by atoms with E-state index in [2.05, 4.69) is 206 Å². The minimum atomic E-state index is -0.498. The van der Waals surface area contributed by atoms with Crippen molar-refractivity contribution in [1.29, 1.82) is 0 Å². The first-order chi connectivity index (χ1) is 29.2. The molecule has 11 rings (SSSR count). The quantitative estimate of drug-likeness (QED) is 0.162. The molecule has 0 spiro atoms. The molecule has 1 aliphatic rings. The minimum Gasteiger partial charge on any atom is -0.228 e. The second-order valence-electron chi connectivity index (χ2n) is 15.3. The highest BCUT2D eigenvalue weighted by Gasteiger charge is 2.46. The van der Waals surface area contributed by atoms with E-state index in [1.165, 1.54) is 60.8 Å². The van der Waals surface area contributed by atoms with Crippen molar-refractivity contribution in [3.8, 4) is 67.3 Å². The number of benzene rings is 9. The third-order valence-electron chi connectivity index (χ3n) is 12.0. The van der Waals surface area contributed by atoms with E-state index in [1.54, 1.807) is 0 Å². The summed E-state index contributed by atoms with van der Waals surface area (Å²) >= 11 is 0. The summed E-state index contributed by atoms with van der Waals surface area (Å²) in [4.78, 5) is 10.2. The van der Waals surface area contributed by atoms with Crippen molar-refractivity contribution in [2.45, 2.75) is 5.41 Å². The lowest BCUT2D eigenvalue weighted by molar-refractivity contribution is 0.769. The molecule has 0 saturated carbocycles. The van der Waals surface area contributed by atoms with Crippen molar-refractivity contribution >= 4 is 10.8 Å². The molecule has 59 heavy (non-hydrogen) atoms. The third kappa shape index (κ3) is 5.88. The third-order valence-corrected chi connectivity index (χ3v) is 12.0. The van der Waals surface area contributed by atoms with Crippen LogP contribution in [0.2, 0.25) is 0 Å². The van der Waals surface area contributed by atoms with Crippen LogP contribution in [0, 0.1) is 0 Å². The molecule has 0 radical (unpaired) electrons. The highest BCUT2D eigenvalue weighted by Crippen LogP contribution is 2.58. The second-order valence-corrected chi connectivity index (χ2v) is 15.3. The largest absolute Gasteiger partial charge is 0.228 e. The highest BCUT2D eigenvalue weighted by atomic mass is 14.9. The van der Waals surface area contributed by atoms with Crippen molar-refractivity contribution in [3.05, 3.63) is 253 Å². The van der Waals surface area contributed by atoms with Gasteiger partial charge in [0.1, 0.15) is 0 Å². The van der Waals surface area contributed by atoms with Crippen LogP contribution in [0.15, 0.2) is 231 Å². The van der Waals surface area contributed by atoms with E-state index in [1.807, 2.05) is 24.3 Å². The van der Waals surface area contributed by atoms with E-state index < -0.39 is 5.41 Å². The lowest BCUT2D eigenvalue weighted by atomic mass is 9.67. The fourth-order valence-electron chi connectivity index (χ4n) is 9.21. The van der Waals surface area contributed by atoms with Crippen LogP contribution in [-0.2, 0) is 5.41 Å². The van der Waals surface area contributed by atoms with Gasteiger partial charge in [0.2, 0.25) is 0 Å². The first kappa shape index (κ1) is 34.6. The molecular formula is C57H38N2. The molecule has 276 valence electrons. The Labute approximate surface area is 344 Å². The summed E-state index contributed by atoms with van der Waals surface area (Å²) in [6.45, 7) is 0. The summed E-state index contributed by atoms with van der Waals surface area (Å²) in [6, 6.07) is 83.2. The van der Waals surface area contributed by atoms with E-state index in [0.717, 1.165) is 33.6 Å². The normalized spacial score (nSPS) is 12.5. The number of hydrogen-bond donors (Lipinski definition) is 0. The van der Waals surface area contributed by atoms with Crippen LogP contribution in [0.25, 0.3) is 78.1 Å². The zero-order valence-electron chi connectivity index (χ0n) is 32.3. The van der Waals surface area contributed by atoms with Crippen LogP contribution in [0.5, 0.6) is 0 Å². The van der Waals surface area contributed by atoms with E-state index in [-0.39, 0.29) is 0 Å². The standard InChI is InChI=1S/C57H38N2/c1-5-18-41(19-6-1)54-38-55(59-56(58-54)43-20-7-2-8-21-43)42-32-30-40(31-33-42)49-36-51-48-27-15-16-28-52(48)57(46-23-9-3-10-24-46,47-25-11-4-12-26-47)53(51)37-50(49)45-34-29-39-17-13-14-22-44(39)35-45/h1-38H. The van der Waals surface area contributed by atoms with Gasteiger partial charge < -0.3 is 0 Å². The molecule has 0 bridgehead atoms. The maximum atomic E-state index is 5.13. The summed E-state index contributed by atoms with van der Waals surface area (Å²) in [6.07, 6.45) is 0. The molecule has 0 unspecified atom stereocenters.